The molecule has 7 nitrogen and oxygen atoms in total. The van der Waals surface area contributed by atoms with Gasteiger partial charge in [-0.15, -0.1) is 0 Å². The Morgan fingerprint density at radius 3 is 2.40 bits per heavy atom. The van der Waals surface area contributed by atoms with Gasteiger partial charge in [-0.05, 0) is 49.2 Å². The predicted molar refractivity (Wildman–Crippen MR) is 114 cm³/mol. The molecule has 1 unspecified atom stereocenters. The van der Waals surface area contributed by atoms with Gasteiger partial charge in [0.25, 0.3) is 0 Å². The fraction of sp³-hybridized carbons (Fsp3) is 0.391. The van der Waals surface area contributed by atoms with Crippen LogP contribution in [0.1, 0.15) is 19.3 Å². The molecular weight excluding hydrogens is 382 g/mol. The van der Waals surface area contributed by atoms with Gasteiger partial charge < -0.3 is 24.6 Å². The lowest BCUT2D eigenvalue weighted by Gasteiger charge is -2.21. The number of carbonyl (C=O) groups is 2. The summed E-state index contributed by atoms with van der Waals surface area (Å²) in [7, 11) is 0. The number of hydrogen-bond acceptors (Lipinski definition) is 5. The number of nitrogens with zero attached hydrogens (tertiary/aromatic N) is 2. The van der Waals surface area contributed by atoms with Gasteiger partial charge in [-0.2, -0.15) is 0 Å². The zero-order valence-corrected chi connectivity index (χ0v) is 16.8. The number of rotatable bonds is 4. The normalized spacial score (nSPS) is 20.5. The molecule has 7 heteroatoms. The lowest BCUT2D eigenvalue weighted by Crippen LogP contribution is -2.28. The van der Waals surface area contributed by atoms with Crippen LogP contribution in [0, 0.1) is 5.92 Å². The number of fused-ring (bicyclic) bond motifs is 1. The van der Waals surface area contributed by atoms with Crippen molar-refractivity contribution in [3.63, 3.8) is 0 Å². The van der Waals surface area contributed by atoms with Gasteiger partial charge in [-0.25, -0.2) is 0 Å². The van der Waals surface area contributed by atoms with E-state index in [0.29, 0.717) is 36.9 Å². The molecule has 1 N–H and O–H groups in total. The summed E-state index contributed by atoms with van der Waals surface area (Å²) in [5.74, 6) is 0.742. The maximum absolute atomic E-state index is 12.8. The van der Waals surface area contributed by atoms with Gasteiger partial charge in [0.15, 0.2) is 11.5 Å². The molecule has 0 aliphatic carbocycles. The van der Waals surface area contributed by atoms with Gasteiger partial charge in [-0.3, -0.25) is 9.59 Å². The molecule has 0 bridgehead atoms. The summed E-state index contributed by atoms with van der Waals surface area (Å²) in [5, 5.41) is 2.91. The van der Waals surface area contributed by atoms with Crippen molar-refractivity contribution in [2.75, 3.05) is 48.0 Å². The molecule has 3 heterocycles. The molecule has 2 aromatic carbocycles. The zero-order valence-electron chi connectivity index (χ0n) is 16.8. The van der Waals surface area contributed by atoms with E-state index in [9.17, 15) is 9.59 Å². The highest BCUT2D eigenvalue weighted by Gasteiger charge is 2.35. The second kappa shape index (κ2) is 7.89. The monoisotopic (exact) mass is 407 g/mol. The van der Waals surface area contributed by atoms with Crippen LogP contribution in [0.15, 0.2) is 42.5 Å². The van der Waals surface area contributed by atoms with Crippen molar-refractivity contribution in [2.45, 2.75) is 19.3 Å². The van der Waals surface area contributed by atoms with E-state index in [0.717, 1.165) is 18.8 Å². The molecule has 1 atom stereocenters. The molecule has 5 rings (SSSR count). The first-order valence-electron chi connectivity index (χ1n) is 10.5. The second-order valence-corrected chi connectivity index (χ2v) is 7.96. The molecule has 3 aliphatic rings. The van der Waals surface area contributed by atoms with Crippen molar-refractivity contribution in [3.05, 3.63) is 42.5 Å². The minimum Gasteiger partial charge on any atom is -0.486 e. The van der Waals surface area contributed by atoms with Crippen LogP contribution in [0.3, 0.4) is 0 Å². The molecule has 0 aromatic heterocycles. The highest BCUT2D eigenvalue weighted by atomic mass is 16.6. The van der Waals surface area contributed by atoms with Gasteiger partial charge in [0, 0.05) is 49.2 Å². The summed E-state index contributed by atoms with van der Waals surface area (Å²) in [6.45, 7) is 3.58. The Morgan fingerprint density at radius 1 is 0.933 bits per heavy atom. The largest absolute Gasteiger partial charge is 0.486 e. The fourth-order valence-corrected chi connectivity index (χ4v) is 4.32. The second-order valence-electron chi connectivity index (χ2n) is 7.96. The van der Waals surface area contributed by atoms with E-state index in [4.69, 9.17) is 9.47 Å². The summed E-state index contributed by atoms with van der Waals surface area (Å²) in [5.41, 5.74) is 2.68. The van der Waals surface area contributed by atoms with Gasteiger partial charge >= 0.3 is 0 Å². The molecular formula is C23H25N3O4. The Balaban J connectivity index is 1.24. The summed E-state index contributed by atoms with van der Waals surface area (Å²) in [6.07, 6.45) is 2.67. The van der Waals surface area contributed by atoms with Crippen molar-refractivity contribution < 1.29 is 19.1 Å². The number of nitrogens with one attached hydrogen (secondary N) is 1. The van der Waals surface area contributed by atoms with E-state index in [2.05, 4.69) is 22.3 Å². The number of hydrogen-bond donors (Lipinski definition) is 1. The number of benzene rings is 2. The van der Waals surface area contributed by atoms with Crippen molar-refractivity contribution in [3.8, 4) is 11.5 Å². The third kappa shape index (κ3) is 3.67. The third-order valence-electron chi connectivity index (χ3n) is 5.94. The Bertz CT molecular complexity index is 953. The average molecular weight is 407 g/mol. The zero-order chi connectivity index (χ0) is 20.5. The van der Waals surface area contributed by atoms with E-state index in [1.807, 2.05) is 12.1 Å². The smallest absolute Gasteiger partial charge is 0.229 e. The van der Waals surface area contributed by atoms with Crippen LogP contribution in [-0.4, -0.2) is 44.7 Å². The Labute approximate surface area is 175 Å². The maximum atomic E-state index is 12.8. The highest BCUT2D eigenvalue weighted by Crippen LogP contribution is 2.33. The molecule has 2 saturated heterocycles. The summed E-state index contributed by atoms with van der Waals surface area (Å²) < 4.78 is 11.1. The van der Waals surface area contributed by atoms with E-state index in [-0.39, 0.29) is 24.2 Å². The number of ether oxygens (including phenoxy) is 2. The molecule has 0 radical (unpaired) electrons. The topological polar surface area (TPSA) is 71.1 Å². The third-order valence-corrected chi connectivity index (χ3v) is 5.94. The van der Waals surface area contributed by atoms with Gasteiger partial charge in [0.2, 0.25) is 11.8 Å². The summed E-state index contributed by atoms with van der Waals surface area (Å²) >= 11 is 0. The summed E-state index contributed by atoms with van der Waals surface area (Å²) in [6, 6.07) is 13.4. The summed E-state index contributed by atoms with van der Waals surface area (Å²) in [4.78, 5) is 29.4. The van der Waals surface area contributed by atoms with Crippen LogP contribution in [0.25, 0.3) is 0 Å². The van der Waals surface area contributed by atoms with Crippen LogP contribution in [0.2, 0.25) is 0 Å². The van der Waals surface area contributed by atoms with Gasteiger partial charge in [0.05, 0.1) is 5.92 Å². The van der Waals surface area contributed by atoms with E-state index in [1.54, 1.807) is 23.1 Å². The highest BCUT2D eigenvalue weighted by molar-refractivity contribution is 6.03. The SMILES string of the molecule is O=C(Nc1ccc2c(c1)OCCO2)C1CC(=O)N(c2ccc(N3CCCC3)cc2)C1. The van der Waals surface area contributed by atoms with Gasteiger partial charge in [-0.1, -0.05) is 0 Å². The molecule has 0 saturated carbocycles. The minimum atomic E-state index is -0.385. The molecule has 3 aliphatic heterocycles. The Kier molecular flexibility index (Phi) is 4.94. The van der Waals surface area contributed by atoms with Crippen molar-refractivity contribution >= 4 is 28.9 Å². The van der Waals surface area contributed by atoms with Crippen molar-refractivity contribution in [1.82, 2.24) is 0 Å². The standard InChI is InChI=1S/C23H25N3O4/c27-22-13-16(23(28)24-17-3-8-20-21(14-17)30-12-11-29-20)15-26(22)19-6-4-18(5-7-19)25-9-1-2-10-25/h3-8,14,16H,1-2,9-13,15H2,(H,24,28). The molecule has 30 heavy (non-hydrogen) atoms. The first-order valence-corrected chi connectivity index (χ1v) is 10.5. The van der Waals surface area contributed by atoms with Gasteiger partial charge in [0.1, 0.15) is 13.2 Å². The molecule has 156 valence electrons. The van der Waals surface area contributed by atoms with Crippen LogP contribution in [0.4, 0.5) is 17.1 Å². The lowest BCUT2D eigenvalue weighted by atomic mass is 10.1. The minimum absolute atomic E-state index is 0.0220. The van der Waals surface area contributed by atoms with Crippen LogP contribution >= 0.6 is 0 Å². The number of anilines is 3. The number of carbonyl (C=O) groups excluding carboxylic acids is 2. The van der Waals surface area contributed by atoms with Crippen LogP contribution in [0.5, 0.6) is 11.5 Å². The van der Waals surface area contributed by atoms with E-state index >= 15 is 0 Å². The average Bonchev–Trinajstić information content (AvgIpc) is 3.44. The first-order chi connectivity index (χ1) is 14.7. The molecule has 2 amide bonds. The molecule has 2 fully saturated rings. The quantitative estimate of drug-likeness (QED) is 0.844. The lowest BCUT2D eigenvalue weighted by molar-refractivity contribution is -0.122. The van der Waals surface area contributed by atoms with E-state index < -0.39 is 0 Å². The van der Waals surface area contributed by atoms with Crippen LogP contribution in [-0.2, 0) is 9.59 Å². The molecule has 0 spiro atoms. The van der Waals surface area contributed by atoms with E-state index in [1.165, 1.54) is 18.5 Å². The van der Waals surface area contributed by atoms with Crippen LogP contribution < -0.4 is 24.6 Å². The Morgan fingerprint density at radius 2 is 1.63 bits per heavy atom. The number of amides is 2. The fourth-order valence-electron chi connectivity index (χ4n) is 4.32. The Hall–Kier alpha value is -3.22. The maximum Gasteiger partial charge on any atom is 0.229 e. The molecule has 2 aromatic rings. The first kappa shape index (κ1) is 18.8. The predicted octanol–water partition coefficient (Wildman–Crippen LogP) is 3.05. The van der Waals surface area contributed by atoms with Crippen molar-refractivity contribution in [2.24, 2.45) is 5.92 Å². The van der Waals surface area contributed by atoms with Crippen molar-refractivity contribution in [1.29, 1.82) is 0 Å².